The van der Waals surface area contributed by atoms with Crippen LogP contribution < -0.4 is 5.32 Å². The molecule has 0 bridgehead atoms. The van der Waals surface area contributed by atoms with Crippen molar-refractivity contribution in [3.8, 4) is 0 Å². The number of imidazole rings is 1. The standard InChI is InChI=1S/C10H10FN3O2/c1-2-16-10(15)12-6-3-4-7-8(5-6)14-9(11)13-7/h3-5H,2H2,1H3,(H,12,15)(H,13,14). The lowest BCUT2D eigenvalue weighted by molar-refractivity contribution is 0.168. The first-order chi connectivity index (χ1) is 7.69. The molecule has 0 fully saturated rings. The molecule has 6 heteroatoms. The van der Waals surface area contributed by atoms with E-state index in [1.165, 1.54) is 0 Å². The van der Waals surface area contributed by atoms with E-state index >= 15 is 0 Å². The highest BCUT2D eigenvalue weighted by Crippen LogP contribution is 2.16. The van der Waals surface area contributed by atoms with Gasteiger partial charge in [-0.25, -0.2) is 9.78 Å². The molecule has 1 aromatic carbocycles. The highest BCUT2D eigenvalue weighted by atomic mass is 19.1. The lowest BCUT2D eigenvalue weighted by atomic mass is 10.3. The number of carbonyl (C=O) groups excluding carboxylic acids is 1. The zero-order chi connectivity index (χ0) is 11.5. The molecule has 0 radical (unpaired) electrons. The van der Waals surface area contributed by atoms with Gasteiger partial charge in [0.05, 0.1) is 17.6 Å². The molecule has 1 aromatic heterocycles. The van der Waals surface area contributed by atoms with Crippen molar-refractivity contribution in [2.45, 2.75) is 6.92 Å². The molecule has 0 atom stereocenters. The maximum Gasteiger partial charge on any atom is 0.411 e. The number of aromatic nitrogens is 2. The Balaban J connectivity index is 2.22. The van der Waals surface area contributed by atoms with Gasteiger partial charge in [0.15, 0.2) is 0 Å². The number of hydrogen-bond acceptors (Lipinski definition) is 3. The van der Waals surface area contributed by atoms with E-state index in [9.17, 15) is 9.18 Å². The predicted molar refractivity (Wildman–Crippen MR) is 56.7 cm³/mol. The van der Waals surface area contributed by atoms with Crippen LogP contribution in [-0.2, 0) is 4.74 Å². The van der Waals surface area contributed by atoms with Crippen LogP contribution in [0.4, 0.5) is 14.9 Å². The van der Waals surface area contributed by atoms with Gasteiger partial charge in [0.25, 0.3) is 6.08 Å². The van der Waals surface area contributed by atoms with Crippen LogP contribution in [0.1, 0.15) is 6.92 Å². The third kappa shape index (κ3) is 2.10. The summed E-state index contributed by atoms with van der Waals surface area (Å²) in [6.45, 7) is 2.01. The van der Waals surface area contributed by atoms with E-state index in [0.29, 0.717) is 23.3 Å². The molecule has 0 aliphatic carbocycles. The Labute approximate surface area is 90.6 Å². The maximum atomic E-state index is 12.8. The zero-order valence-electron chi connectivity index (χ0n) is 8.58. The van der Waals surface area contributed by atoms with Gasteiger partial charge in [0.2, 0.25) is 0 Å². The summed E-state index contributed by atoms with van der Waals surface area (Å²) in [5, 5.41) is 2.51. The molecular weight excluding hydrogens is 213 g/mol. The van der Waals surface area contributed by atoms with Crippen molar-refractivity contribution in [2.75, 3.05) is 11.9 Å². The molecule has 84 valence electrons. The minimum atomic E-state index is -0.650. The smallest absolute Gasteiger partial charge is 0.411 e. The fraction of sp³-hybridized carbons (Fsp3) is 0.200. The Kier molecular flexibility index (Phi) is 2.72. The third-order valence-corrected chi connectivity index (χ3v) is 1.97. The number of nitrogens with one attached hydrogen (secondary N) is 2. The van der Waals surface area contributed by atoms with Crippen molar-refractivity contribution in [3.63, 3.8) is 0 Å². The molecule has 0 aliphatic rings. The van der Waals surface area contributed by atoms with Crippen molar-refractivity contribution in [1.29, 1.82) is 0 Å². The average molecular weight is 223 g/mol. The molecular formula is C10H10FN3O2. The van der Waals surface area contributed by atoms with Crippen LogP contribution in [0.2, 0.25) is 0 Å². The van der Waals surface area contributed by atoms with Crippen molar-refractivity contribution in [2.24, 2.45) is 0 Å². The van der Waals surface area contributed by atoms with Gasteiger partial charge in [-0.15, -0.1) is 0 Å². The number of ether oxygens (including phenoxy) is 1. The van der Waals surface area contributed by atoms with Crippen LogP contribution in [0.5, 0.6) is 0 Å². The number of benzene rings is 1. The number of fused-ring (bicyclic) bond motifs is 1. The van der Waals surface area contributed by atoms with Crippen LogP contribution >= 0.6 is 0 Å². The van der Waals surface area contributed by atoms with Gasteiger partial charge in [-0.1, -0.05) is 0 Å². The second kappa shape index (κ2) is 4.18. The Morgan fingerprint density at radius 2 is 2.44 bits per heavy atom. The first kappa shape index (κ1) is 10.4. The van der Waals surface area contributed by atoms with Gasteiger partial charge < -0.3 is 9.72 Å². The summed E-state index contributed by atoms with van der Waals surface area (Å²) in [5.74, 6) is 0. The fourth-order valence-electron chi connectivity index (χ4n) is 1.34. The average Bonchev–Trinajstić information content (AvgIpc) is 2.57. The van der Waals surface area contributed by atoms with Crippen molar-refractivity contribution < 1.29 is 13.9 Å². The number of amides is 1. The summed E-state index contributed by atoms with van der Waals surface area (Å²) < 4.78 is 17.5. The molecule has 2 rings (SSSR count). The van der Waals surface area contributed by atoms with Crippen LogP contribution in [0.25, 0.3) is 11.0 Å². The number of nitrogens with zero attached hydrogens (tertiary/aromatic N) is 1. The van der Waals surface area contributed by atoms with Gasteiger partial charge >= 0.3 is 6.09 Å². The predicted octanol–water partition coefficient (Wildman–Crippen LogP) is 2.27. The first-order valence-corrected chi connectivity index (χ1v) is 4.78. The second-order valence-electron chi connectivity index (χ2n) is 3.11. The minimum absolute atomic E-state index is 0.298. The summed E-state index contributed by atoms with van der Waals surface area (Å²) in [4.78, 5) is 17.2. The van der Waals surface area contributed by atoms with E-state index in [1.807, 2.05) is 0 Å². The number of aromatic amines is 1. The van der Waals surface area contributed by atoms with Crippen LogP contribution in [0.3, 0.4) is 0 Å². The van der Waals surface area contributed by atoms with E-state index in [4.69, 9.17) is 4.74 Å². The van der Waals surface area contributed by atoms with E-state index in [-0.39, 0.29) is 0 Å². The largest absolute Gasteiger partial charge is 0.450 e. The molecule has 0 unspecified atom stereocenters. The molecule has 1 amide bonds. The number of hydrogen-bond donors (Lipinski definition) is 2. The molecule has 2 N–H and O–H groups in total. The quantitative estimate of drug-likeness (QED) is 0.820. The SMILES string of the molecule is CCOC(=O)Nc1ccc2nc(F)[nH]c2c1. The van der Waals surface area contributed by atoms with Crippen molar-refractivity contribution in [1.82, 2.24) is 9.97 Å². The summed E-state index contributed by atoms with van der Waals surface area (Å²) in [5.41, 5.74) is 1.55. The van der Waals surface area contributed by atoms with E-state index in [2.05, 4.69) is 15.3 Å². The number of rotatable bonds is 2. The Morgan fingerprint density at radius 1 is 1.62 bits per heavy atom. The minimum Gasteiger partial charge on any atom is -0.450 e. The zero-order valence-corrected chi connectivity index (χ0v) is 8.58. The number of halogens is 1. The van der Waals surface area contributed by atoms with Crippen LogP contribution in [0.15, 0.2) is 18.2 Å². The van der Waals surface area contributed by atoms with Crippen LogP contribution in [-0.4, -0.2) is 22.7 Å². The summed E-state index contributed by atoms with van der Waals surface area (Å²) in [6.07, 6.45) is -1.19. The molecule has 1 heterocycles. The summed E-state index contributed by atoms with van der Waals surface area (Å²) in [6, 6.07) is 4.82. The van der Waals surface area contributed by atoms with E-state index in [1.54, 1.807) is 25.1 Å². The molecule has 0 saturated heterocycles. The highest BCUT2D eigenvalue weighted by molar-refractivity contribution is 5.88. The normalized spacial score (nSPS) is 10.4. The van der Waals surface area contributed by atoms with E-state index < -0.39 is 12.2 Å². The molecule has 2 aromatic rings. The maximum absolute atomic E-state index is 12.8. The molecule has 0 aliphatic heterocycles. The Bertz CT molecular complexity index is 524. The van der Waals surface area contributed by atoms with Crippen LogP contribution in [0, 0.1) is 6.08 Å². The summed E-state index contributed by atoms with van der Waals surface area (Å²) >= 11 is 0. The number of carbonyl (C=O) groups is 1. The van der Waals surface area contributed by atoms with Gasteiger partial charge in [-0.3, -0.25) is 5.32 Å². The molecule has 16 heavy (non-hydrogen) atoms. The van der Waals surface area contributed by atoms with Crippen molar-refractivity contribution >= 4 is 22.8 Å². The molecule has 0 saturated carbocycles. The van der Waals surface area contributed by atoms with Gasteiger partial charge in [-0.05, 0) is 25.1 Å². The fourth-order valence-corrected chi connectivity index (χ4v) is 1.34. The van der Waals surface area contributed by atoms with Gasteiger partial charge in [0, 0.05) is 5.69 Å². The van der Waals surface area contributed by atoms with Gasteiger partial charge in [-0.2, -0.15) is 4.39 Å². The lowest BCUT2D eigenvalue weighted by Crippen LogP contribution is -2.13. The number of anilines is 1. The topological polar surface area (TPSA) is 67.0 Å². The molecule has 5 nitrogen and oxygen atoms in total. The Hall–Kier alpha value is -2.11. The second-order valence-corrected chi connectivity index (χ2v) is 3.11. The third-order valence-electron chi connectivity index (χ3n) is 1.97. The highest BCUT2D eigenvalue weighted by Gasteiger charge is 2.05. The lowest BCUT2D eigenvalue weighted by Gasteiger charge is -2.04. The monoisotopic (exact) mass is 223 g/mol. The summed E-state index contributed by atoms with van der Waals surface area (Å²) in [7, 11) is 0. The molecule has 0 spiro atoms. The first-order valence-electron chi connectivity index (χ1n) is 4.78. The van der Waals surface area contributed by atoms with Crippen molar-refractivity contribution in [3.05, 3.63) is 24.3 Å². The number of H-pyrrole nitrogens is 1. The van der Waals surface area contributed by atoms with E-state index in [0.717, 1.165) is 0 Å². The Morgan fingerprint density at radius 3 is 3.19 bits per heavy atom. The van der Waals surface area contributed by atoms with Gasteiger partial charge in [0.1, 0.15) is 0 Å².